The molecule has 8 rings (SSSR count). The van der Waals surface area contributed by atoms with Crippen molar-refractivity contribution in [2.45, 2.75) is 33.1 Å². The van der Waals surface area contributed by atoms with E-state index in [0.717, 1.165) is 11.4 Å². The van der Waals surface area contributed by atoms with E-state index in [4.69, 9.17) is 0 Å². The van der Waals surface area contributed by atoms with Gasteiger partial charge >= 0.3 is 0 Å². The Bertz CT molecular complexity index is 2230. The highest BCUT2D eigenvalue weighted by molar-refractivity contribution is 5.98. The Balaban J connectivity index is 1.33. The molecular weight excluding hydrogens is 555 g/mol. The molecule has 1 heteroatoms. The number of anilines is 3. The number of fused-ring (bicyclic) bond motifs is 4. The number of aryl methyl sites for hydroxylation is 2. The Labute approximate surface area is 272 Å². The minimum absolute atomic E-state index is 0.0858. The maximum absolute atomic E-state index is 2.47. The molecule has 0 saturated heterocycles. The lowest BCUT2D eigenvalue weighted by Gasteiger charge is -2.30. The lowest BCUT2D eigenvalue weighted by atomic mass is 9.81. The monoisotopic (exact) mass is 591 g/mol. The van der Waals surface area contributed by atoms with Crippen molar-refractivity contribution in [1.82, 2.24) is 0 Å². The van der Waals surface area contributed by atoms with Gasteiger partial charge in [-0.25, -0.2) is 0 Å². The molecule has 222 valence electrons. The van der Waals surface area contributed by atoms with Crippen molar-refractivity contribution in [2.75, 3.05) is 4.90 Å². The summed E-state index contributed by atoms with van der Waals surface area (Å²) in [5, 5.41) is 2.46. The van der Waals surface area contributed by atoms with Gasteiger partial charge in [0.1, 0.15) is 0 Å². The maximum atomic E-state index is 2.47. The average molecular weight is 592 g/mol. The van der Waals surface area contributed by atoms with Crippen LogP contribution in [0.25, 0.3) is 44.2 Å². The van der Waals surface area contributed by atoms with Gasteiger partial charge in [0.25, 0.3) is 0 Å². The van der Waals surface area contributed by atoms with Gasteiger partial charge in [-0.05, 0) is 106 Å². The third-order valence-corrected chi connectivity index (χ3v) is 9.72. The minimum atomic E-state index is -0.0858. The van der Waals surface area contributed by atoms with Crippen LogP contribution in [0.5, 0.6) is 0 Å². The molecule has 0 saturated carbocycles. The lowest BCUT2D eigenvalue weighted by molar-refractivity contribution is 0.659. The fourth-order valence-corrected chi connectivity index (χ4v) is 7.30. The molecule has 0 heterocycles. The summed E-state index contributed by atoms with van der Waals surface area (Å²) < 4.78 is 0. The van der Waals surface area contributed by atoms with Crippen LogP contribution in [0.2, 0.25) is 0 Å². The zero-order chi connectivity index (χ0) is 31.4. The molecule has 0 bridgehead atoms. The molecule has 46 heavy (non-hydrogen) atoms. The van der Waals surface area contributed by atoms with E-state index in [1.807, 2.05) is 0 Å². The standard InChI is InChI=1S/C45H37N/c1-30-15-24-40-41(25-30)45(3,4)42-26-31(2)27-43(44(40)42)46(38-21-18-34(19-22-38)32-11-7-5-8-12-32)39-23-20-36-28-35(16-17-37(36)29-39)33-13-9-6-10-14-33/h5-29H,1-4H3. The summed E-state index contributed by atoms with van der Waals surface area (Å²) in [4.78, 5) is 2.47. The highest BCUT2D eigenvalue weighted by atomic mass is 15.1. The number of hydrogen-bond donors (Lipinski definition) is 0. The van der Waals surface area contributed by atoms with Gasteiger partial charge in [0.2, 0.25) is 0 Å². The van der Waals surface area contributed by atoms with Crippen LogP contribution < -0.4 is 4.90 Å². The number of nitrogens with zero attached hydrogens (tertiary/aromatic N) is 1. The summed E-state index contributed by atoms with van der Waals surface area (Å²) in [7, 11) is 0. The van der Waals surface area contributed by atoms with Gasteiger partial charge in [-0.1, -0.05) is 135 Å². The average Bonchev–Trinajstić information content (AvgIpc) is 3.31. The molecule has 0 amide bonds. The first-order valence-electron chi connectivity index (χ1n) is 16.2. The van der Waals surface area contributed by atoms with E-state index in [0.29, 0.717) is 0 Å². The van der Waals surface area contributed by atoms with E-state index >= 15 is 0 Å². The highest BCUT2D eigenvalue weighted by Crippen LogP contribution is 2.55. The molecule has 0 spiro atoms. The van der Waals surface area contributed by atoms with Crippen LogP contribution in [0.4, 0.5) is 17.1 Å². The molecule has 0 aromatic heterocycles. The minimum Gasteiger partial charge on any atom is -0.310 e. The van der Waals surface area contributed by atoms with Crippen LogP contribution in [0.1, 0.15) is 36.1 Å². The Hall–Kier alpha value is -5.40. The van der Waals surface area contributed by atoms with Crippen molar-refractivity contribution in [3.63, 3.8) is 0 Å². The van der Waals surface area contributed by atoms with Gasteiger partial charge in [0.05, 0.1) is 5.69 Å². The maximum Gasteiger partial charge on any atom is 0.0545 e. The summed E-state index contributed by atoms with van der Waals surface area (Å²) in [6, 6.07) is 55.8. The summed E-state index contributed by atoms with van der Waals surface area (Å²) in [6.07, 6.45) is 0. The SMILES string of the molecule is Cc1ccc2c(c1)C(C)(C)c1cc(C)cc(N(c3ccc(-c4ccccc4)cc3)c3ccc4cc(-c5ccccc5)ccc4c3)c1-2. The first-order valence-corrected chi connectivity index (χ1v) is 16.2. The quantitative estimate of drug-likeness (QED) is 0.192. The Kier molecular flexibility index (Phi) is 6.65. The van der Waals surface area contributed by atoms with E-state index in [9.17, 15) is 0 Å². The molecule has 0 unspecified atom stereocenters. The van der Waals surface area contributed by atoms with Crippen molar-refractivity contribution in [3.05, 3.63) is 174 Å². The molecule has 1 aliphatic carbocycles. The molecule has 7 aromatic carbocycles. The van der Waals surface area contributed by atoms with Gasteiger partial charge in [0, 0.05) is 22.4 Å². The Morgan fingerprint density at radius 1 is 0.435 bits per heavy atom. The summed E-state index contributed by atoms with van der Waals surface area (Å²) in [5.41, 5.74) is 16.4. The second kappa shape index (κ2) is 10.9. The van der Waals surface area contributed by atoms with Crippen molar-refractivity contribution >= 4 is 27.8 Å². The van der Waals surface area contributed by atoms with Crippen molar-refractivity contribution in [1.29, 1.82) is 0 Å². The summed E-state index contributed by atoms with van der Waals surface area (Å²) in [6.45, 7) is 9.18. The van der Waals surface area contributed by atoms with Gasteiger partial charge < -0.3 is 4.90 Å². The first-order chi connectivity index (χ1) is 22.4. The normalized spacial score (nSPS) is 13.0. The summed E-state index contributed by atoms with van der Waals surface area (Å²) >= 11 is 0. The van der Waals surface area contributed by atoms with Crippen LogP contribution in [-0.2, 0) is 5.41 Å². The van der Waals surface area contributed by atoms with Crippen LogP contribution in [0, 0.1) is 13.8 Å². The predicted molar refractivity (Wildman–Crippen MR) is 197 cm³/mol. The summed E-state index contributed by atoms with van der Waals surface area (Å²) in [5.74, 6) is 0. The molecule has 0 N–H and O–H groups in total. The number of hydrogen-bond acceptors (Lipinski definition) is 1. The highest BCUT2D eigenvalue weighted by Gasteiger charge is 2.38. The van der Waals surface area contributed by atoms with Gasteiger partial charge in [-0.3, -0.25) is 0 Å². The molecule has 0 atom stereocenters. The van der Waals surface area contributed by atoms with E-state index in [2.05, 4.69) is 184 Å². The third kappa shape index (κ3) is 4.71. The van der Waals surface area contributed by atoms with Gasteiger partial charge in [-0.15, -0.1) is 0 Å². The third-order valence-electron chi connectivity index (χ3n) is 9.72. The molecule has 0 radical (unpaired) electrons. The predicted octanol–water partition coefficient (Wildman–Crippen LogP) is 12.6. The molecule has 0 aliphatic heterocycles. The van der Waals surface area contributed by atoms with Gasteiger partial charge in [0.15, 0.2) is 0 Å². The Morgan fingerprint density at radius 2 is 1.00 bits per heavy atom. The number of benzene rings is 7. The molecular formula is C45H37N. The van der Waals surface area contributed by atoms with Crippen LogP contribution >= 0.6 is 0 Å². The molecule has 0 fully saturated rings. The lowest BCUT2D eigenvalue weighted by Crippen LogP contribution is -2.16. The smallest absolute Gasteiger partial charge is 0.0545 e. The van der Waals surface area contributed by atoms with Crippen molar-refractivity contribution in [3.8, 4) is 33.4 Å². The van der Waals surface area contributed by atoms with E-state index in [-0.39, 0.29) is 5.41 Å². The van der Waals surface area contributed by atoms with Crippen LogP contribution in [-0.4, -0.2) is 0 Å². The zero-order valence-electron chi connectivity index (χ0n) is 26.9. The number of rotatable bonds is 5. The second-order valence-electron chi connectivity index (χ2n) is 13.2. The van der Waals surface area contributed by atoms with Crippen LogP contribution in [0.15, 0.2) is 152 Å². The van der Waals surface area contributed by atoms with E-state index < -0.39 is 0 Å². The van der Waals surface area contributed by atoms with Gasteiger partial charge in [-0.2, -0.15) is 0 Å². The van der Waals surface area contributed by atoms with Crippen molar-refractivity contribution < 1.29 is 0 Å². The topological polar surface area (TPSA) is 3.24 Å². The fraction of sp³-hybridized carbons (Fsp3) is 0.111. The fourth-order valence-electron chi connectivity index (χ4n) is 7.30. The van der Waals surface area contributed by atoms with Crippen LogP contribution in [0.3, 0.4) is 0 Å². The Morgan fingerprint density at radius 3 is 1.72 bits per heavy atom. The largest absolute Gasteiger partial charge is 0.310 e. The zero-order valence-corrected chi connectivity index (χ0v) is 26.9. The van der Waals surface area contributed by atoms with E-state index in [1.165, 1.54) is 72.1 Å². The van der Waals surface area contributed by atoms with Crippen molar-refractivity contribution in [2.24, 2.45) is 0 Å². The molecule has 7 aromatic rings. The molecule has 1 aliphatic rings. The molecule has 1 nitrogen and oxygen atoms in total. The first kappa shape index (κ1) is 28.1. The van der Waals surface area contributed by atoms with E-state index in [1.54, 1.807) is 0 Å². The second-order valence-corrected chi connectivity index (χ2v) is 13.2.